The molecule has 0 saturated heterocycles. The van der Waals surface area contributed by atoms with E-state index in [4.69, 9.17) is 11.0 Å². The van der Waals surface area contributed by atoms with Gasteiger partial charge in [-0.15, -0.1) is 0 Å². The van der Waals surface area contributed by atoms with Gasteiger partial charge < -0.3 is 13.6 Å². The molecule has 3 heterocycles. The summed E-state index contributed by atoms with van der Waals surface area (Å²) in [5, 5.41) is 16.3. The van der Waals surface area contributed by atoms with Crippen LogP contribution in [0.25, 0.3) is 104 Å². The number of aromatic nitrogens is 2. The summed E-state index contributed by atoms with van der Waals surface area (Å²) in [5.74, 6) is 0. The molecule has 11 rings (SSSR count). The number of nitriles is 1. The van der Waals surface area contributed by atoms with Gasteiger partial charge in [-0.2, -0.15) is 5.26 Å². The van der Waals surface area contributed by atoms with Crippen LogP contribution in [0.5, 0.6) is 0 Å². The number of hydrogen-bond donors (Lipinski definition) is 0. The van der Waals surface area contributed by atoms with Gasteiger partial charge in [0.2, 0.25) is 0 Å². The molecule has 254 valence electrons. The van der Waals surface area contributed by atoms with Crippen LogP contribution in [0, 0.1) is 17.9 Å². The van der Waals surface area contributed by atoms with Crippen LogP contribution in [0.4, 0.5) is 5.69 Å². The van der Waals surface area contributed by atoms with Crippen molar-refractivity contribution in [3.8, 4) is 39.7 Å². The predicted molar refractivity (Wildman–Crippen MR) is 224 cm³/mol. The Morgan fingerprint density at radius 2 is 1.07 bits per heavy atom. The minimum Gasteiger partial charge on any atom is -0.455 e. The Kier molecular flexibility index (Phi) is 6.61. The molecular weight excluding hydrogens is 673 g/mol. The zero-order valence-corrected chi connectivity index (χ0v) is 29.4. The number of hydrogen-bond acceptors (Lipinski definition) is 2. The molecule has 0 fully saturated rings. The van der Waals surface area contributed by atoms with Gasteiger partial charge in [-0.3, -0.25) is 0 Å². The van der Waals surface area contributed by atoms with Gasteiger partial charge >= 0.3 is 0 Å². The molecular formula is C50H28N4O. The van der Waals surface area contributed by atoms with Gasteiger partial charge in [0.15, 0.2) is 5.69 Å². The molecule has 0 bridgehead atoms. The van der Waals surface area contributed by atoms with E-state index in [0.717, 1.165) is 99.2 Å². The molecule has 0 saturated carbocycles. The highest BCUT2D eigenvalue weighted by atomic mass is 16.3. The van der Waals surface area contributed by atoms with E-state index in [1.54, 1.807) is 0 Å². The fraction of sp³-hybridized carbons (Fsp3) is 0. The highest BCUT2D eigenvalue weighted by molar-refractivity contribution is 6.12. The van der Waals surface area contributed by atoms with Crippen LogP contribution in [0.15, 0.2) is 174 Å². The number of nitrogens with zero attached hydrogens (tertiary/aromatic N) is 4. The second-order valence-corrected chi connectivity index (χ2v) is 14.0. The van der Waals surface area contributed by atoms with Crippen LogP contribution in [0.3, 0.4) is 0 Å². The normalized spacial score (nSPS) is 11.6. The molecule has 5 nitrogen and oxygen atoms in total. The van der Waals surface area contributed by atoms with Crippen molar-refractivity contribution in [2.45, 2.75) is 0 Å². The lowest BCUT2D eigenvalue weighted by Gasteiger charge is -2.16. The molecule has 55 heavy (non-hydrogen) atoms. The molecule has 0 atom stereocenters. The lowest BCUT2D eigenvalue weighted by atomic mass is 9.97. The predicted octanol–water partition coefficient (Wildman–Crippen LogP) is 13.5. The molecule has 3 aromatic heterocycles. The standard InChI is InChI=1S/C50H28N4O/c1-52-35-21-23-48-44(28-35)40-13-3-6-18-46(40)54(48)37-27-34(26-36(29-37)53-45-17-5-2-12-39(45)43-24-31(30-51)20-22-47(43)53)32-10-8-11-33(25-32)38-15-9-16-42-41-14-4-7-19-49(41)55-50(38)42/h2-29H. The first-order valence-corrected chi connectivity index (χ1v) is 18.2. The zero-order chi connectivity index (χ0) is 36.6. The summed E-state index contributed by atoms with van der Waals surface area (Å²) in [6.07, 6.45) is 0. The average Bonchev–Trinajstić information content (AvgIpc) is 3.91. The van der Waals surface area contributed by atoms with Crippen molar-refractivity contribution in [1.82, 2.24) is 9.13 Å². The topological polar surface area (TPSA) is 51.1 Å². The lowest BCUT2D eigenvalue weighted by Crippen LogP contribution is -2.00. The number of benzene rings is 8. The monoisotopic (exact) mass is 700 g/mol. The van der Waals surface area contributed by atoms with E-state index in [2.05, 4.69) is 154 Å². The van der Waals surface area contributed by atoms with Crippen LogP contribution in [0.2, 0.25) is 0 Å². The van der Waals surface area contributed by atoms with Crippen molar-refractivity contribution in [2.24, 2.45) is 0 Å². The Morgan fingerprint density at radius 3 is 1.80 bits per heavy atom. The fourth-order valence-corrected chi connectivity index (χ4v) is 8.49. The second-order valence-electron chi connectivity index (χ2n) is 14.0. The minimum atomic E-state index is 0.614. The molecule has 11 aromatic rings. The first-order valence-electron chi connectivity index (χ1n) is 18.2. The van der Waals surface area contributed by atoms with E-state index in [1.807, 2.05) is 36.4 Å². The third kappa shape index (κ3) is 4.64. The third-order valence-electron chi connectivity index (χ3n) is 10.9. The summed E-state index contributed by atoms with van der Waals surface area (Å²) in [6.45, 7) is 7.73. The van der Waals surface area contributed by atoms with Crippen LogP contribution >= 0.6 is 0 Å². The Morgan fingerprint density at radius 1 is 0.473 bits per heavy atom. The Balaban J connectivity index is 1.20. The number of fused-ring (bicyclic) bond motifs is 9. The highest BCUT2D eigenvalue weighted by Gasteiger charge is 2.19. The maximum Gasteiger partial charge on any atom is 0.188 e. The third-order valence-corrected chi connectivity index (χ3v) is 10.9. The van der Waals surface area contributed by atoms with E-state index in [0.29, 0.717) is 11.3 Å². The second kappa shape index (κ2) is 11.8. The van der Waals surface area contributed by atoms with E-state index in [-0.39, 0.29) is 0 Å². The van der Waals surface area contributed by atoms with Crippen molar-refractivity contribution in [2.75, 3.05) is 0 Å². The van der Waals surface area contributed by atoms with Gasteiger partial charge in [0.05, 0.1) is 40.3 Å². The van der Waals surface area contributed by atoms with E-state index in [9.17, 15) is 5.26 Å². The minimum absolute atomic E-state index is 0.614. The first kappa shape index (κ1) is 30.7. The summed E-state index contributed by atoms with van der Waals surface area (Å²) >= 11 is 0. The molecule has 0 amide bonds. The van der Waals surface area contributed by atoms with Crippen LogP contribution in [-0.4, -0.2) is 9.13 Å². The van der Waals surface area contributed by atoms with Crippen molar-refractivity contribution < 1.29 is 4.42 Å². The molecule has 0 spiro atoms. The van der Waals surface area contributed by atoms with E-state index >= 15 is 0 Å². The lowest BCUT2D eigenvalue weighted by molar-refractivity contribution is 0.670. The summed E-state index contributed by atoms with van der Waals surface area (Å²) in [6, 6.07) is 61.1. The van der Waals surface area contributed by atoms with Crippen LogP contribution < -0.4 is 0 Å². The van der Waals surface area contributed by atoms with Gasteiger partial charge in [-0.05, 0) is 94.9 Å². The molecule has 0 aliphatic carbocycles. The molecule has 0 aliphatic heterocycles. The Bertz CT molecular complexity index is 3320. The van der Waals surface area contributed by atoms with Gasteiger partial charge in [0.25, 0.3) is 0 Å². The largest absolute Gasteiger partial charge is 0.455 e. The number of furan rings is 1. The van der Waals surface area contributed by atoms with Crippen LogP contribution in [0.1, 0.15) is 5.56 Å². The van der Waals surface area contributed by atoms with Crippen molar-refractivity contribution in [3.05, 3.63) is 187 Å². The Hall–Kier alpha value is -7.86. The van der Waals surface area contributed by atoms with Gasteiger partial charge in [0.1, 0.15) is 11.2 Å². The maximum absolute atomic E-state index is 9.82. The van der Waals surface area contributed by atoms with Gasteiger partial charge in [-0.1, -0.05) is 97.1 Å². The molecule has 0 unspecified atom stereocenters. The van der Waals surface area contributed by atoms with Crippen molar-refractivity contribution in [3.63, 3.8) is 0 Å². The number of para-hydroxylation sites is 4. The molecule has 0 N–H and O–H groups in total. The molecule has 0 radical (unpaired) electrons. The summed E-state index contributed by atoms with van der Waals surface area (Å²) in [7, 11) is 0. The summed E-state index contributed by atoms with van der Waals surface area (Å²) in [4.78, 5) is 3.76. The Labute approximate surface area is 315 Å². The highest BCUT2D eigenvalue weighted by Crippen LogP contribution is 2.41. The first-order chi connectivity index (χ1) is 27.2. The molecule has 8 aromatic carbocycles. The van der Waals surface area contributed by atoms with Crippen molar-refractivity contribution in [1.29, 1.82) is 5.26 Å². The van der Waals surface area contributed by atoms with E-state index < -0.39 is 0 Å². The average molecular weight is 701 g/mol. The SMILES string of the molecule is [C-]#[N+]c1ccc2c(c1)c1ccccc1n2-c1cc(-c2cccc(-c3cccc4c3oc3ccccc34)c2)cc(-n2c3ccccc3c3cc(C#N)ccc32)c1. The quantitative estimate of drug-likeness (QED) is 0.172. The summed E-state index contributed by atoms with van der Waals surface area (Å²) in [5.41, 5.74) is 13.4. The number of rotatable bonds is 4. The van der Waals surface area contributed by atoms with Gasteiger partial charge in [-0.25, -0.2) is 4.85 Å². The smallest absolute Gasteiger partial charge is 0.188 e. The maximum atomic E-state index is 9.82. The summed E-state index contributed by atoms with van der Waals surface area (Å²) < 4.78 is 11.1. The molecule has 5 heteroatoms. The van der Waals surface area contributed by atoms with E-state index in [1.165, 1.54) is 0 Å². The van der Waals surface area contributed by atoms with Gasteiger partial charge in [0, 0.05) is 43.9 Å². The van der Waals surface area contributed by atoms with Crippen molar-refractivity contribution >= 4 is 71.2 Å². The molecule has 0 aliphatic rings. The fourth-order valence-electron chi connectivity index (χ4n) is 8.49. The zero-order valence-electron chi connectivity index (χ0n) is 29.4. The van der Waals surface area contributed by atoms with Crippen LogP contribution in [-0.2, 0) is 0 Å².